The van der Waals surface area contributed by atoms with E-state index in [0.29, 0.717) is 25.2 Å². The zero-order chi connectivity index (χ0) is 13.9. The van der Waals surface area contributed by atoms with Gasteiger partial charge in [0.05, 0.1) is 18.5 Å². The van der Waals surface area contributed by atoms with Gasteiger partial charge in [-0.3, -0.25) is 0 Å². The van der Waals surface area contributed by atoms with Crippen LogP contribution < -0.4 is 4.90 Å². The van der Waals surface area contributed by atoms with Crippen LogP contribution >= 0.6 is 0 Å². The molecule has 1 aromatic heterocycles. The number of hydrogen-bond donors (Lipinski definition) is 1. The van der Waals surface area contributed by atoms with Gasteiger partial charge in [0, 0.05) is 13.1 Å². The summed E-state index contributed by atoms with van der Waals surface area (Å²) in [5.41, 5.74) is 2.39. The van der Waals surface area contributed by atoms with Crippen LogP contribution in [0.1, 0.15) is 29.3 Å². The molecule has 0 fully saturated rings. The Bertz CT molecular complexity index is 648. The average molecular weight is 266 g/mol. The Morgan fingerprint density at radius 1 is 1.25 bits per heavy atom. The van der Waals surface area contributed by atoms with E-state index in [4.69, 9.17) is 5.26 Å². The van der Waals surface area contributed by atoms with E-state index in [2.05, 4.69) is 14.9 Å². The van der Waals surface area contributed by atoms with Crippen LogP contribution in [0.5, 0.6) is 0 Å². The zero-order valence-corrected chi connectivity index (χ0v) is 10.9. The molecule has 1 N–H and O–H groups in total. The number of aliphatic hydroxyl groups excluding tert-OH is 1. The van der Waals surface area contributed by atoms with E-state index in [1.54, 1.807) is 6.20 Å². The number of nitrogens with zero attached hydrogens (tertiary/aromatic N) is 4. The molecular formula is C15H14N4O. The lowest BCUT2D eigenvalue weighted by Gasteiger charge is -2.21. The highest BCUT2D eigenvalue weighted by Gasteiger charge is 2.21. The van der Waals surface area contributed by atoms with E-state index >= 15 is 0 Å². The Balaban J connectivity index is 1.91. The van der Waals surface area contributed by atoms with Crippen LogP contribution in [-0.2, 0) is 6.54 Å². The monoisotopic (exact) mass is 266 g/mol. The molecular weight excluding hydrogens is 252 g/mol. The molecule has 5 heteroatoms. The number of rotatable bonds is 1. The molecule has 5 nitrogen and oxygen atoms in total. The lowest BCUT2D eigenvalue weighted by molar-refractivity contribution is 0.171. The Morgan fingerprint density at radius 3 is 2.85 bits per heavy atom. The van der Waals surface area contributed by atoms with Gasteiger partial charge in [-0.15, -0.1) is 0 Å². The van der Waals surface area contributed by atoms with Crippen molar-refractivity contribution in [1.82, 2.24) is 9.97 Å². The first-order chi connectivity index (χ1) is 9.78. The molecule has 0 saturated heterocycles. The first-order valence-electron chi connectivity index (χ1n) is 6.51. The number of aliphatic hydroxyl groups is 1. The third-order valence-corrected chi connectivity index (χ3v) is 3.52. The summed E-state index contributed by atoms with van der Waals surface area (Å²) in [6, 6.07) is 9.86. The number of hydrogen-bond acceptors (Lipinski definition) is 5. The van der Waals surface area contributed by atoms with Gasteiger partial charge in [0.2, 0.25) is 0 Å². The highest BCUT2D eigenvalue weighted by Crippen LogP contribution is 2.28. The smallest absolute Gasteiger partial charge is 0.158 e. The van der Waals surface area contributed by atoms with Gasteiger partial charge in [-0.1, -0.05) is 24.3 Å². The molecule has 20 heavy (non-hydrogen) atoms. The van der Waals surface area contributed by atoms with Crippen LogP contribution in [0.3, 0.4) is 0 Å². The summed E-state index contributed by atoms with van der Waals surface area (Å²) in [5.74, 6) is 0.730. The number of benzene rings is 1. The van der Waals surface area contributed by atoms with Crippen molar-refractivity contribution in [3.63, 3.8) is 0 Å². The van der Waals surface area contributed by atoms with Crippen molar-refractivity contribution >= 4 is 5.82 Å². The Morgan fingerprint density at radius 2 is 2.10 bits per heavy atom. The number of fused-ring (bicyclic) bond motifs is 1. The predicted octanol–water partition coefficient (Wildman–Crippen LogP) is 1.79. The fourth-order valence-electron chi connectivity index (χ4n) is 2.46. The highest BCUT2D eigenvalue weighted by molar-refractivity contribution is 5.42. The number of anilines is 1. The molecule has 2 heterocycles. The summed E-state index contributed by atoms with van der Waals surface area (Å²) in [6.45, 7) is 1.39. The minimum absolute atomic E-state index is 0.309. The summed E-state index contributed by atoms with van der Waals surface area (Å²) in [6.07, 6.45) is 3.29. The van der Waals surface area contributed by atoms with Crippen LogP contribution in [0.25, 0.3) is 0 Å². The highest BCUT2D eigenvalue weighted by atomic mass is 16.3. The third kappa shape index (κ3) is 2.33. The lowest BCUT2D eigenvalue weighted by atomic mass is 10.0. The predicted molar refractivity (Wildman–Crippen MR) is 73.8 cm³/mol. The van der Waals surface area contributed by atoms with E-state index in [1.807, 2.05) is 30.3 Å². The second kappa shape index (κ2) is 5.27. The molecule has 0 spiro atoms. The summed E-state index contributed by atoms with van der Waals surface area (Å²) in [7, 11) is 0. The van der Waals surface area contributed by atoms with Crippen molar-refractivity contribution in [2.24, 2.45) is 0 Å². The quantitative estimate of drug-likeness (QED) is 0.852. The molecule has 1 atom stereocenters. The Kier molecular flexibility index (Phi) is 3.32. The molecule has 1 aromatic carbocycles. The van der Waals surface area contributed by atoms with Crippen molar-refractivity contribution in [1.29, 1.82) is 5.26 Å². The molecule has 0 radical (unpaired) electrons. The maximum Gasteiger partial charge on any atom is 0.158 e. The Labute approximate surface area is 117 Å². The minimum atomic E-state index is -0.442. The summed E-state index contributed by atoms with van der Waals surface area (Å²) < 4.78 is 0. The van der Waals surface area contributed by atoms with Crippen molar-refractivity contribution in [2.45, 2.75) is 19.1 Å². The molecule has 2 aromatic rings. The van der Waals surface area contributed by atoms with Crippen LogP contribution in [0, 0.1) is 11.3 Å². The van der Waals surface area contributed by atoms with E-state index < -0.39 is 6.10 Å². The SMILES string of the molecule is N#Cc1cnc(N2CCC(O)c3ccccc3C2)cn1. The first-order valence-corrected chi connectivity index (χ1v) is 6.51. The molecule has 0 bridgehead atoms. The second-order valence-electron chi connectivity index (χ2n) is 4.80. The largest absolute Gasteiger partial charge is 0.388 e. The van der Waals surface area contributed by atoms with Crippen LogP contribution in [0.2, 0.25) is 0 Å². The van der Waals surface area contributed by atoms with E-state index in [0.717, 1.165) is 16.9 Å². The fraction of sp³-hybridized carbons (Fsp3) is 0.267. The molecule has 1 aliphatic heterocycles. The van der Waals surface area contributed by atoms with Gasteiger partial charge < -0.3 is 10.0 Å². The van der Waals surface area contributed by atoms with Gasteiger partial charge in [-0.2, -0.15) is 5.26 Å². The van der Waals surface area contributed by atoms with Crippen molar-refractivity contribution < 1.29 is 5.11 Å². The van der Waals surface area contributed by atoms with Gasteiger partial charge in [-0.25, -0.2) is 9.97 Å². The van der Waals surface area contributed by atoms with E-state index in [1.165, 1.54) is 6.20 Å². The zero-order valence-electron chi connectivity index (χ0n) is 10.9. The maximum absolute atomic E-state index is 10.2. The fourth-order valence-corrected chi connectivity index (χ4v) is 2.46. The normalized spacial score (nSPS) is 18.0. The molecule has 3 rings (SSSR count). The molecule has 0 aliphatic carbocycles. The van der Waals surface area contributed by atoms with Crippen molar-refractivity contribution in [2.75, 3.05) is 11.4 Å². The number of nitriles is 1. The first kappa shape index (κ1) is 12.6. The number of aromatic nitrogens is 2. The van der Waals surface area contributed by atoms with Crippen LogP contribution in [0.15, 0.2) is 36.7 Å². The van der Waals surface area contributed by atoms with E-state index in [-0.39, 0.29) is 0 Å². The third-order valence-electron chi connectivity index (χ3n) is 3.52. The lowest BCUT2D eigenvalue weighted by Crippen LogP contribution is -2.23. The summed E-state index contributed by atoms with van der Waals surface area (Å²) in [4.78, 5) is 10.4. The maximum atomic E-state index is 10.2. The second-order valence-corrected chi connectivity index (χ2v) is 4.80. The van der Waals surface area contributed by atoms with Crippen LogP contribution in [-0.4, -0.2) is 21.6 Å². The van der Waals surface area contributed by atoms with Gasteiger partial charge >= 0.3 is 0 Å². The summed E-state index contributed by atoms with van der Waals surface area (Å²) in [5, 5.41) is 18.9. The van der Waals surface area contributed by atoms with Gasteiger partial charge in [-0.05, 0) is 17.5 Å². The molecule has 1 aliphatic rings. The van der Waals surface area contributed by atoms with E-state index in [9.17, 15) is 5.11 Å². The molecule has 0 saturated carbocycles. The Hall–Kier alpha value is -2.45. The van der Waals surface area contributed by atoms with Crippen LogP contribution in [0.4, 0.5) is 5.82 Å². The minimum Gasteiger partial charge on any atom is -0.388 e. The van der Waals surface area contributed by atoms with Crippen molar-refractivity contribution in [3.8, 4) is 6.07 Å². The van der Waals surface area contributed by atoms with Gasteiger partial charge in [0.15, 0.2) is 5.69 Å². The molecule has 100 valence electrons. The van der Waals surface area contributed by atoms with Crippen molar-refractivity contribution in [3.05, 3.63) is 53.5 Å². The topological polar surface area (TPSA) is 73.0 Å². The summed E-state index contributed by atoms with van der Waals surface area (Å²) >= 11 is 0. The molecule has 0 amide bonds. The average Bonchev–Trinajstić information content (AvgIpc) is 2.67. The standard InChI is InChI=1S/C15H14N4O/c16-7-12-8-18-15(9-17-12)19-6-5-14(20)13-4-2-1-3-11(13)10-19/h1-4,8-9,14,20H,5-6,10H2. The molecule has 1 unspecified atom stereocenters. The van der Waals surface area contributed by atoms with Gasteiger partial charge in [0.25, 0.3) is 0 Å². The van der Waals surface area contributed by atoms with Gasteiger partial charge in [0.1, 0.15) is 11.9 Å².